The Bertz CT molecular complexity index is 1950. The summed E-state index contributed by atoms with van der Waals surface area (Å²) in [7, 11) is 0. The third kappa shape index (κ3) is 6.94. The van der Waals surface area contributed by atoms with Crippen LogP contribution in [-0.2, 0) is 4.74 Å². The summed E-state index contributed by atoms with van der Waals surface area (Å²) >= 11 is 1.61. The number of piperidine rings is 1. The van der Waals surface area contributed by atoms with Gasteiger partial charge in [-0.15, -0.1) is 10.2 Å². The summed E-state index contributed by atoms with van der Waals surface area (Å²) in [6.07, 6.45) is 7.60. The number of benzene rings is 1. The van der Waals surface area contributed by atoms with E-state index in [-0.39, 0.29) is 11.9 Å². The topological polar surface area (TPSA) is 111 Å². The molecular weight excluding hydrogens is 640 g/mol. The van der Waals surface area contributed by atoms with E-state index in [2.05, 4.69) is 47.4 Å². The van der Waals surface area contributed by atoms with Gasteiger partial charge in [-0.3, -0.25) is 9.88 Å². The highest BCUT2D eigenvalue weighted by atomic mass is 32.1. The van der Waals surface area contributed by atoms with Gasteiger partial charge in [0.05, 0.1) is 34.2 Å². The summed E-state index contributed by atoms with van der Waals surface area (Å²) in [5.74, 6) is 0.496. The molecule has 11 nitrogen and oxygen atoms in total. The standard InChI is InChI=1S/C36H39FN10OS/c37-27-2-1-3-29(19-27)45-10-6-25(7-11-45)24-44-12-14-46(15-13-44)36-43-42-35(49-36)31-23-39-33(20-32(31)41-28-8-16-48-17-9-28)34-5-4-30-18-26(21-38)22-40-47(30)34/h1-5,18-20,22-23,25,28H,6-17,24H2,(H,39,41). The van der Waals surface area contributed by atoms with Crippen molar-refractivity contribution in [1.82, 2.24) is 29.7 Å². The highest BCUT2D eigenvalue weighted by Gasteiger charge is 2.26. The van der Waals surface area contributed by atoms with Crippen LogP contribution in [0.15, 0.2) is 60.9 Å². The van der Waals surface area contributed by atoms with Gasteiger partial charge in [-0.05, 0) is 74.1 Å². The molecule has 49 heavy (non-hydrogen) atoms. The first-order chi connectivity index (χ1) is 24.1. The number of fused-ring (bicyclic) bond motifs is 1. The van der Waals surface area contributed by atoms with Crippen LogP contribution in [0.4, 0.5) is 20.9 Å². The van der Waals surface area contributed by atoms with Crippen molar-refractivity contribution in [3.63, 3.8) is 0 Å². The summed E-state index contributed by atoms with van der Waals surface area (Å²) in [6.45, 7) is 8.38. The van der Waals surface area contributed by atoms with E-state index in [1.165, 1.54) is 6.07 Å². The van der Waals surface area contributed by atoms with Gasteiger partial charge in [-0.25, -0.2) is 8.91 Å². The molecule has 3 aliphatic rings. The van der Waals surface area contributed by atoms with Gasteiger partial charge in [-0.1, -0.05) is 17.4 Å². The van der Waals surface area contributed by atoms with Gasteiger partial charge in [0, 0.05) is 82.6 Å². The number of nitriles is 1. The zero-order valence-corrected chi connectivity index (χ0v) is 28.2. The van der Waals surface area contributed by atoms with Gasteiger partial charge < -0.3 is 19.9 Å². The Balaban J connectivity index is 0.935. The molecule has 0 aliphatic carbocycles. The summed E-state index contributed by atoms with van der Waals surface area (Å²) in [4.78, 5) is 12.1. The summed E-state index contributed by atoms with van der Waals surface area (Å²) in [5, 5.41) is 28.7. The number of nitrogens with one attached hydrogen (secondary N) is 1. The maximum Gasteiger partial charge on any atom is 0.208 e. The summed E-state index contributed by atoms with van der Waals surface area (Å²) in [6, 6.07) is 17.3. The molecule has 0 radical (unpaired) electrons. The van der Waals surface area contributed by atoms with E-state index in [0.29, 0.717) is 11.5 Å². The molecule has 252 valence electrons. The molecule has 3 fully saturated rings. The van der Waals surface area contributed by atoms with Crippen molar-refractivity contribution in [3.05, 3.63) is 72.3 Å². The van der Waals surface area contributed by atoms with Gasteiger partial charge in [0.2, 0.25) is 5.13 Å². The molecule has 0 unspecified atom stereocenters. The monoisotopic (exact) mass is 678 g/mol. The van der Waals surface area contributed by atoms with Gasteiger partial charge in [0.1, 0.15) is 11.9 Å². The largest absolute Gasteiger partial charge is 0.381 e. The Morgan fingerprint density at radius 2 is 1.76 bits per heavy atom. The first-order valence-corrected chi connectivity index (χ1v) is 18.0. The minimum atomic E-state index is -0.168. The lowest BCUT2D eigenvalue weighted by molar-refractivity contribution is 0.0904. The molecule has 3 saturated heterocycles. The number of hydrogen-bond acceptors (Lipinski definition) is 11. The molecule has 0 bridgehead atoms. The van der Waals surface area contributed by atoms with Crippen molar-refractivity contribution in [2.24, 2.45) is 5.92 Å². The van der Waals surface area contributed by atoms with Crippen LogP contribution in [0.3, 0.4) is 0 Å². The molecule has 1 aromatic carbocycles. The second kappa shape index (κ2) is 14.1. The van der Waals surface area contributed by atoms with Crippen molar-refractivity contribution in [2.75, 3.05) is 74.1 Å². The van der Waals surface area contributed by atoms with Gasteiger partial charge >= 0.3 is 0 Å². The highest BCUT2D eigenvalue weighted by Crippen LogP contribution is 2.37. The van der Waals surface area contributed by atoms with Crippen LogP contribution >= 0.6 is 11.3 Å². The summed E-state index contributed by atoms with van der Waals surface area (Å²) < 4.78 is 21.2. The van der Waals surface area contributed by atoms with Gasteiger partial charge in [0.25, 0.3) is 0 Å². The van der Waals surface area contributed by atoms with E-state index in [4.69, 9.17) is 9.72 Å². The minimum absolute atomic E-state index is 0.168. The quantitative estimate of drug-likeness (QED) is 0.224. The third-order valence-electron chi connectivity index (χ3n) is 9.97. The minimum Gasteiger partial charge on any atom is -0.381 e. The normalized spacial score (nSPS) is 18.2. The van der Waals surface area contributed by atoms with Gasteiger partial charge in [-0.2, -0.15) is 10.4 Å². The first kappa shape index (κ1) is 31.6. The summed E-state index contributed by atoms with van der Waals surface area (Å²) in [5.41, 5.74) is 5.91. The van der Waals surface area contributed by atoms with Crippen LogP contribution in [0, 0.1) is 23.1 Å². The predicted octanol–water partition coefficient (Wildman–Crippen LogP) is 5.56. The molecular formula is C36H39FN10OS. The van der Waals surface area contributed by atoms with Crippen molar-refractivity contribution in [3.8, 4) is 28.0 Å². The molecule has 5 aromatic rings. The van der Waals surface area contributed by atoms with E-state index < -0.39 is 0 Å². The lowest BCUT2D eigenvalue weighted by Gasteiger charge is -2.39. The second-order valence-electron chi connectivity index (χ2n) is 13.1. The molecule has 0 spiro atoms. The third-order valence-corrected chi connectivity index (χ3v) is 11.0. The Morgan fingerprint density at radius 1 is 0.918 bits per heavy atom. The smallest absolute Gasteiger partial charge is 0.208 e. The fraction of sp³-hybridized carbons (Fsp3) is 0.417. The zero-order valence-electron chi connectivity index (χ0n) is 27.3. The molecule has 7 heterocycles. The molecule has 8 rings (SSSR count). The van der Waals surface area contributed by atoms with E-state index in [0.717, 1.165) is 129 Å². The number of anilines is 3. The molecule has 4 aromatic heterocycles. The Hall–Kier alpha value is -4.64. The van der Waals surface area contributed by atoms with Crippen molar-refractivity contribution >= 4 is 33.4 Å². The Labute approximate surface area is 288 Å². The number of hydrogen-bond donors (Lipinski definition) is 1. The van der Waals surface area contributed by atoms with Crippen molar-refractivity contribution in [1.29, 1.82) is 5.26 Å². The Kier molecular flexibility index (Phi) is 9.08. The molecule has 0 atom stereocenters. The van der Waals surface area contributed by atoms with E-state index in [1.54, 1.807) is 29.7 Å². The Morgan fingerprint density at radius 3 is 2.55 bits per heavy atom. The molecule has 0 saturated carbocycles. The van der Waals surface area contributed by atoms with Crippen molar-refractivity contribution in [2.45, 2.75) is 31.7 Å². The maximum absolute atomic E-state index is 13.7. The number of halogens is 1. The van der Waals surface area contributed by atoms with Crippen LogP contribution in [0.2, 0.25) is 0 Å². The number of rotatable bonds is 8. The van der Waals surface area contributed by atoms with Gasteiger partial charge in [0.15, 0.2) is 5.01 Å². The fourth-order valence-corrected chi connectivity index (χ4v) is 8.11. The number of aromatic nitrogens is 5. The maximum atomic E-state index is 13.7. The van der Waals surface area contributed by atoms with Crippen LogP contribution in [0.1, 0.15) is 31.2 Å². The molecule has 0 amide bonds. The lowest BCUT2D eigenvalue weighted by atomic mass is 9.95. The van der Waals surface area contributed by atoms with Crippen molar-refractivity contribution < 1.29 is 9.13 Å². The van der Waals surface area contributed by atoms with E-state index >= 15 is 0 Å². The van der Waals surface area contributed by atoms with E-state index in [9.17, 15) is 9.65 Å². The molecule has 13 heteroatoms. The molecule has 3 aliphatic heterocycles. The van der Waals surface area contributed by atoms with Crippen LogP contribution < -0.4 is 15.1 Å². The number of pyridine rings is 1. The average molecular weight is 679 g/mol. The van der Waals surface area contributed by atoms with Crippen LogP contribution in [0.5, 0.6) is 0 Å². The second-order valence-corrected chi connectivity index (χ2v) is 14.1. The van der Waals surface area contributed by atoms with E-state index in [1.807, 2.05) is 35.0 Å². The first-order valence-electron chi connectivity index (χ1n) is 17.1. The highest BCUT2D eigenvalue weighted by molar-refractivity contribution is 7.18. The average Bonchev–Trinajstić information content (AvgIpc) is 3.81. The molecule has 1 N–H and O–H groups in total. The number of nitrogens with zero attached hydrogens (tertiary/aromatic N) is 9. The number of ether oxygens (including phenoxy) is 1. The predicted molar refractivity (Wildman–Crippen MR) is 189 cm³/mol. The fourth-order valence-electron chi connectivity index (χ4n) is 7.19. The zero-order chi connectivity index (χ0) is 33.2. The SMILES string of the molecule is N#Cc1cnn2c(-c3cc(NC4CCOCC4)c(-c4nnc(N5CCN(CC6CCN(c7cccc(F)c7)CC6)CC5)s4)cn3)ccc2c1. The number of piperazine rings is 1. The van der Waals surface area contributed by atoms with Crippen LogP contribution in [0.25, 0.3) is 27.5 Å². The van der Waals surface area contributed by atoms with Crippen LogP contribution in [-0.4, -0.2) is 94.8 Å². The lowest BCUT2D eigenvalue weighted by Crippen LogP contribution is -2.49.